The number of ether oxygens (including phenoxy) is 3. The van der Waals surface area contributed by atoms with Gasteiger partial charge in [0.25, 0.3) is 0 Å². The first kappa shape index (κ1) is 15.1. The molecule has 6 nitrogen and oxygen atoms in total. The Labute approximate surface area is 112 Å². The second kappa shape index (κ2) is 6.84. The maximum Gasteiger partial charge on any atom is 0.322 e. The summed E-state index contributed by atoms with van der Waals surface area (Å²) in [4.78, 5) is 11.3. The zero-order valence-electron chi connectivity index (χ0n) is 11.5. The van der Waals surface area contributed by atoms with Crippen LogP contribution in [0.5, 0.6) is 17.2 Å². The molecule has 0 aliphatic carbocycles. The van der Waals surface area contributed by atoms with Gasteiger partial charge in [0.2, 0.25) is 5.75 Å². The van der Waals surface area contributed by atoms with Crippen LogP contribution in [0.15, 0.2) is 12.1 Å². The minimum absolute atomic E-state index is 0.0465. The smallest absolute Gasteiger partial charge is 0.322 e. The molecule has 19 heavy (non-hydrogen) atoms. The number of phenolic OH excluding ortho intramolecular Hbond substituents is 1. The SMILES string of the molecule is COC(=O)C(C)NCc1cc(OC)c(O)c(OC)c1. The van der Waals surface area contributed by atoms with Crippen molar-refractivity contribution in [2.24, 2.45) is 0 Å². The molecule has 0 saturated heterocycles. The van der Waals surface area contributed by atoms with Gasteiger partial charge in [0, 0.05) is 6.54 Å². The van der Waals surface area contributed by atoms with E-state index in [1.54, 1.807) is 19.1 Å². The third kappa shape index (κ3) is 3.75. The zero-order chi connectivity index (χ0) is 14.4. The number of aromatic hydroxyl groups is 1. The number of hydrogen-bond donors (Lipinski definition) is 2. The minimum atomic E-state index is -0.421. The van der Waals surface area contributed by atoms with Gasteiger partial charge in [0.1, 0.15) is 6.04 Å². The molecule has 0 saturated carbocycles. The van der Waals surface area contributed by atoms with Crippen LogP contribution in [0.3, 0.4) is 0 Å². The predicted molar refractivity (Wildman–Crippen MR) is 69.5 cm³/mol. The molecule has 0 amide bonds. The number of benzene rings is 1. The van der Waals surface area contributed by atoms with Crippen molar-refractivity contribution in [2.45, 2.75) is 19.5 Å². The minimum Gasteiger partial charge on any atom is -0.502 e. The lowest BCUT2D eigenvalue weighted by Crippen LogP contribution is -2.34. The van der Waals surface area contributed by atoms with Crippen LogP contribution < -0.4 is 14.8 Å². The number of esters is 1. The second-order valence-electron chi connectivity index (χ2n) is 3.97. The highest BCUT2D eigenvalue weighted by Gasteiger charge is 2.14. The van der Waals surface area contributed by atoms with Gasteiger partial charge in [-0.1, -0.05) is 0 Å². The molecule has 1 atom stereocenters. The Bertz CT molecular complexity index is 422. The van der Waals surface area contributed by atoms with E-state index >= 15 is 0 Å². The highest BCUT2D eigenvalue weighted by Crippen LogP contribution is 2.36. The van der Waals surface area contributed by atoms with Gasteiger partial charge < -0.3 is 24.6 Å². The maximum absolute atomic E-state index is 11.3. The van der Waals surface area contributed by atoms with Crippen LogP contribution in [0.25, 0.3) is 0 Å². The van der Waals surface area contributed by atoms with E-state index < -0.39 is 6.04 Å². The van der Waals surface area contributed by atoms with Crippen LogP contribution in [0, 0.1) is 0 Å². The average Bonchev–Trinajstić information content (AvgIpc) is 2.44. The van der Waals surface area contributed by atoms with Gasteiger partial charge in [-0.15, -0.1) is 0 Å². The fourth-order valence-electron chi connectivity index (χ4n) is 1.58. The first-order valence-corrected chi connectivity index (χ1v) is 5.78. The van der Waals surface area contributed by atoms with Crippen molar-refractivity contribution in [3.8, 4) is 17.2 Å². The van der Waals surface area contributed by atoms with E-state index in [0.29, 0.717) is 18.0 Å². The molecule has 0 heterocycles. The molecule has 1 aromatic carbocycles. The number of carbonyl (C=O) groups excluding carboxylic acids is 1. The maximum atomic E-state index is 11.3. The van der Waals surface area contributed by atoms with Crippen molar-refractivity contribution >= 4 is 5.97 Å². The van der Waals surface area contributed by atoms with Crippen molar-refractivity contribution < 1.29 is 24.1 Å². The highest BCUT2D eigenvalue weighted by molar-refractivity contribution is 5.75. The molecule has 1 rings (SSSR count). The topological polar surface area (TPSA) is 77.0 Å². The molecular formula is C13H19NO5. The lowest BCUT2D eigenvalue weighted by Gasteiger charge is -2.14. The van der Waals surface area contributed by atoms with Crippen LogP contribution in [0.4, 0.5) is 0 Å². The van der Waals surface area contributed by atoms with Gasteiger partial charge in [-0.3, -0.25) is 4.79 Å². The molecule has 6 heteroatoms. The molecule has 0 bridgehead atoms. The Kier molecular flexibility index (Phi) is 5.44. The van der Waals surface area contributed by atoms with E-state index in [2.05, 4.69) is 10.1 Å². The molecule has 0 fully saturated rings. The highest BCUT2D eigenvalue weighted by atomic mass is 16.5. The van der Waals surface area contributed by atoms with Gasteiger partial charge in [0.05, 0.1) is 21.3 Å². The Morgan fingerprint density at radius 3 is 2.21 bits per heavy atom. The van der Waals surface area contributed by atoms with Crippen molar-refractivity contribution in [3.63, 3.8) is 0 Å². The largest absolute Gasteiger partial charge is 0.502 e. The monoisotopic (exact) mass is 269 g/mol. The number of phenols is 1. The van der Waals surface area contributed by atoms with Gasteiger partial charge in [-0.25, -0.2) is 0 Å². The summed E-state index contributed by atoms with van der Waals surface area (Å²) < 4.78 is 14.7. The van der Waals surface area contributed by atoms with E-state index in [1.807, 2.05) is 0 Å². The Balaban J connectivity index is 2.81. The van der Waals surface area contributed by atoms with E-state index in [1.165, 1.54) is 21.3 Å². The zero-order valence-corrected chi connectivity index (χ0v) is 11.5. The molecule has 0 radical (unpaired) electrons. The molecule has 0 aliphatic heterocycles. The van der Waals surface area contributed by atoms with Crippen LogP contribution in [-0.4, -0.2) is 38.4 Å². The van der Waals surface area contributed by atoms with Crippen LogP contribution >= 0.6 is 0 Å². The fourth-order valence-corrected chi connectivity index (χ4v) is 1.58. The van der Waals surface area contributed by atoms with Crippen LogP contribution in [-0.2, 0) is 16.1 Å². The Morgan fingerprint density at radius 1 is 1.26 bits per heavy atom. The number of rotatable bonds is 6. The van der Waals surface area contributed by atoms with Gasteiger partial charge in [0.15, 0.2) is 11.5 Å². The molecule has 0 aromatic heterocycles. The van der Waals surface area contributed by atoms with Gasteiger partial charge in [-0.2, -0.15) is 0 Å². The Morgan fingerprint density at radius 2 is 1.79 bits per heavy atom. The van der Waals surface area contributed by atoms with Crippen molar-refractivity contribution in [1.82, 2.24) is 5.32 Å². The summed E-state index contributed by atoms with van der Waals surface area (Å²) in [5.41, 5.74) is 0.822. The number of hydrogen-bond acceptors (Lipinski definition) is 6. The third-order valence-corrected chi connectivity index (χ3v) is 2.71. The molecule has 106 valence electrons. The normalized spacial score (nSPS) is 11.8. The average molecular weight is 269 g/mol. The molecule has 2 N–H and O–H groups in total. The molecule has 0 spiro atoms. The van der Waals surface area contributed by atoms with Gasteiger partial charge in [-0.05, 0) is 24.6 Å². The van der Waals surface area contributed by atoms with E-state index in [-0.39, 0.29) is 11.7 Å². The summed E-state index contributed by atoms with van der Waals surface area (Å²) in [6.07, 6.45) is 0. The van der Waals surface area contributed by atoms with E-state index in [9.17, 15) is 9.90 Å². The summed E-state index contributed by atoms with van der Waals surface area (Å²) >= 11 is 0. The summed E-state index contributed by atoms with van der Waals surface area (Å²) in [6.45, 7) is 2.13. The molecule has 1 unspecified atom stereocenters. The lowest BCUT2D eigenvalue weighted by molar-refractivity contribution is -0.142. The van der Waals surface area contributed by atoms with E-state index in [4.69, 9.17) is 9.47 Å². The standard InChI is InChI=1S/C13H19NO5/c1-8(13(16)19-4)14-7-9-5-10(17-2)12(15)11(6-9)18-3/h5-6,8,14-15H,7H2,1-4H3. The van der Waals surface area contributed by atoms with Gasteiger partial charge >= 0.3 is 5.97 Å². The number of carbonyl (C=O) groups is 1. The molecule has 1 aromatic rings. The summed E-state index contributed by atoms with van der Waals surface area (Å²) in [5, 5.41) is 12.8. The molecular weight excluding hydrogens is 250 g/mol. The quantitative estimate of drug-likeness (QED) is 0.752. The summed E-state index contributed by atoms with van der Waals surface area (Å²) in [5.74, 6) is 0.260. The fraction of sp³-hybridized carbons (Fsp3) is 0.462. The number of nitrogens with one attached hydrogen (secondary N) is 1. The molecule has 0 aliphatic rings. The predicted octanol–water partition coefficient (Wildman–Crippen LogP) is 1.06. The summed E-state index contributed by atoms with van der Waals surface area (Å²) in [7, 11) is 4.26. The first-order valence-electron chi connectivity index (χ1n) is 5.78. The van der Waals surface area contributed by atoms with Crippen molar-refractivity contribution in [3.05, 3.63) is 17.7 Å². The lowest BCUT2D eigenvalue weighted by atomic mass is 10.1. The second-order valence-corrected chi connectivity index (χ2v) is 3.97. The van der Waals surface area contributed by atoms with Crippen molar-refractivity contribution in [2.75, 3.05) is 21.3 Å². The van der Waals surface area contributed by atoms with Crippen LogP contribution in [0.2, 0.25) is 0 Å². The third-order valence-electron chi connectivity index (χ3n) is 2.71. The Hall–Kier alpha value is -1.95. The number of methoxy groups -OCH3 is 3. The van der Waals surface area contributed by atoms with Crippen LogP contribution in [0.1, 0.15) is 12.5 Å². The summed E-state index contributed by atoms with van der Waals surface area (Å²) in [6, 6.07) is 2.93. The van der Waals surface area contributed by atoms with Crippen molar-refractivity contribution in [1.29, 1.82) is 0 Å². The first-order chi connectivity index (χ1) is 9.03. The van der Waals surface area contributed by atoms with E-state index in [0.717, 1.165) is 5.56 Å².